The van der Waals surface area contributed by atoms with E-state index in [-0.39, 0.29) is 12.3 Å². The highest BCUT2D eigenvalue weighted by atomic mass is 79.9. The number of aliphatic hydroxyl groups excluding tert-OH is 1. The standard InChI is InChI=1S/C13H14BrN3O3/c14-9-3-4-10-11(7-9)16-8-12(17(19)20)13(10)15-5-1-2-6-18/h3-4,7-8,18H,1-2,5-6H2,(H,15,16). The van der Waals surface area contributed by atoms with Crippen molar-refractivity contribution in [3.63, 3.8) is 0 Å². The molecule has 0 unspecified atom stereocenters. The highest BCUT2D eigenvalue weighted by Crippen LogP contribution is 2.32. The van der Waals surface area contributed by atoms with Gasteiger partial charge in [-0.1, -0.05) is 15.9 Å². The Morgan fingerprint density at radius 1 is 1.40 bits per heavy atom. The topological polar surface area (TPSA) is 88.3 Å². The highest BCUT2D eigenvalue weighted by molar-refractivity contribution is 9.10. The first-order valence-electron chi connectivity index (χ1n) is 6.21. The maximum atomic E-state index is 11.1. The molecule has 0 aliphatic carbocycles. The van der Waals surface area contributed by atoms with Crippen molar-refractivity contribution < 1.29 is 10.0 Å². The van der Waals surface area contributed by atoms with E-state index in [1.54, 1.807) is 6.07 Å². The van der Waals surface area contributed by atoms with E-state index < -0.39 is 4.92 Å². The van der Waals surface area contributed by atoms with Crippen LogP contribution in [0.25, 0.3) is 10.9 Å². The number of nitro groups is 1. The second-order valence-corrected chi connectivity index (χ2v) is 5.21. The second-order valence-electron chi connectivity index (χ2n) is 4.29. The highest BCUT2D eigenvalue weighted by Gasteiger charge is 2.17. The van der Waals surface area contributed by atoms with Crippen LogP contribution in [0.15, 0.2) is 28.9 Å². The maximum absolute atomic E-state index is 11.1. The number of pyridine rings is 1. The van der Waals surface area contributed by atoms with Crippen molar-refractivity contribution in [1.29, 1.82) is 0 Å². The van der Waals surface area contributed by atoms with Crippen LogP contribution in [0.4, 0.5) is 11.4 Å². The molecule has 2 aromatic rings. The summed E-state index contributed by atoms with van der Waals surface area (Å²) in [4.78, 5) is 14.8. The van der Waals surface area contributed by atoms with Crippen molar-refractivity contribution in [2.75, 3.05) is 18.5 Å². The first-order valence-corrected chi connectivity index (χ1v) is 7.00. The van der Waals surface area contributed by atoms with Crippen molar-refractivity contribution in [3.05, 3.63) is 39.0 Å². The van der Waals surface area contributed by atoms with Gasteiger partial charge in [-0.25, -0.2) is 4.98 Å². The predicted octanol–water partition coefficient (Wildman–Crippen LogP) is 3.09. The molecule has 7 heteroatoms. The van der Waals surface area contributed by atoms with Gasteiger partial charge in [0.15, 0.2) is 0 Å². The van der Waals surface area contributed by atoms with Gasteiger partial charge in [-0.2, -0.15) is 0 Å². The molecule has 0 aliphatic heterocycles. The molecule has 0 saturated carbocycles. The lowest BCUT2D eigenvalue weighted by Crippen LogP contribution is -2.06. The Balaban J connectivity index is 2.40. The average Bonchev–Trinajstić information content (AvgIpc) is 2.42. The Hall–Kier alpha value is -1.73. The van der Waals surface area contributed by atoms with E-state index >= 15 is 0 Å². The Bertz CT molecular complexity index is 634. The van der Waals surface area contributed by atoms with Crippen LogP contribution in [-0.2, 0) is 0 Å². The molecule has 106 valence electrons. The minimum absolute atomic E-state index is 0.0381. The van der Waals surface area contributed by atoms with Gasteiger partial charge in [0.1, 0.15) is 11.9 Å². The lowest BCUT2D eigenvalue weighted by atomic mass is 10.1. The van der Waals surface area contributed by atoms with Crippen molar-refractivity contribution in [1.82, 2.24) is 4.98 Å². The van der Waals surface area contributed by atoms with Crippen LogP contribution in [0.1, 0.15) is 12.8 Å². The molecule has 6 nitrogen and oxygen atoms in total. The summed E-state index contributed by atoms with van der Waals surface area (Å²) in [6, 6.07) is 5.44. The minimum Gasteiger partial charge on any atom is -0.396 e. The number of nitrogens with zero attached hydrogens (tertiary/aromatic N) is 2. The van der Waals surface area contributed by atoms with Gasteiger partial charge in [0, 0.05) is 23.0 Å². The number of hydrogen-bond donors (Lipinski definition) is 2. The molecule has 0 aliphatic rings. The predicted molar refractivity (Wildman–Crippen MR) is 80.9 cm³/mol. The van der Waals surface area contributed by atoms with Crippen LogP contribution < -0.4 is 5.32 Å². The molecule has 0 bridgehead atoms. The molecule has 2 N–H and O–H groups in total. The van der Waals surface area contributed by atoms with Crippen LogP contribution in [0, 0.1) is 10.1 Å². The van der Waals surface area contributed by atoms with E-state index in [0.29, 0.717) is 29.6 Å². The average molecular weight is 340 g/mol. The van der Waals surface area contributed by atoms with Gasteiger partial charge >= 0.3 is 5.69 Å². The van der Waals surface area contributed by atoms with Gasteiger partial charge in [0.25, 0.3) is 0 Å². The number of aromatic nitrogens is 1. The summed E-state index contributed by atoms with van der Waals surface area (Å²) >= 11 is 3.36. The Kier molecular flexibility index (Phi) is 4.86. The zero-order valence-corrected chi connectivity index (χ0v) is 12.3. The number of benzene rings is 1. The molecule has 1 aromatic heterocycles. The molecule has 0 spiro atoms. The molecular weight excluding hydrogens is 326 g/mol. The second kappa shape index (κ2) is 6.62. The fourth-order valence-corrected chi connectivity index (χ4v) is 2.28. The van der Waals surface area contributed by atoms with Crippen LogP contribution >= 0.6 is 15.9 Å². The Morgan fingerprint density at radius 2 is 2.20 bits per heavy atom. The number of rotatable bonds is 6. The largest absolute Gasteiger partial charge is 0.396 e. The van der Waals surface area contributed by atoms with Crippen molar-refractivity contribution in [3.8, 4) is 0 Å². The van der Waals surface area contributed by atoms with Crippen LogP contribution in [0.5, 0.6) is 0 Å². The molecule has 1 heterocycles. The number of aliphatic hydroxyl groups is 1. The summed E-state index contributed by atoms with van der Waals surface area (Å²) in [5.41, 5.74) is 1.13. The van der Waals surface area contributed by atoms with E-state index in [1.807, 2.05) is 12.1 Å². The molecule has 0 fully saturated rings. The first kappa shape index (κ1) is 14.7. The number of hydrogen-bond acceptors (Lipinski definition) is 5. The maximum Gasteiger partial charge on any atom is 0.311 e. The molecule has 20 heavy (non-hydrogen) atoms. The minimum atomic E-state index is -0.442. The Labute approximate surface area is 124 Å². The number of unbranched alkanes of at least 4 members (excludes halogenated alkanes) is 1. The van der Waals surface area contributed by atoms with Gasteiger partial charge in [0.05, 0.1) is 10.4 Å². The number of anilines is 1. The summed E-state index contributed by atoms with van der Waals surface area (Å²) in [5.74, 6) is 0. The van der Waals surface area contributed by atoms with E-state index in [4.69, 9.17) is 5.11 Å². The van der Waals surface area contributed by atoms with Gasteiger partial charge in [-0.15, -0.1) is 0 Å². The molecule has 0 saturated heterocycles. The van der Waals surface area contributed by atoms with Crippen LogP contribution in [0.2, 0.25) is 0 Å². The third-order valence-corrected chi connectivity index (χ3v) is 3.39. The zero-order chi connectivity index (χ0) is 14.5. The number of nitrogens with one attached hydrogen (secondary N) is 1. The van der Waals surface area contributed by atoms with Gasteiger partial charge < -0.3 is 10.4 Å². The summed E-state index contributed by atoms with van der Waals surface area (Å²) in [6.45, 7) is 0.685. The van der Waals surface area contributed by atoms with E-state index in [9.17, 15) is 10.1 Å². The summed E-state index contributed by atoms with van der Waals surface area (Å²) < 4.78 is 0.873. The fourth-order valence-electron chi connectivity index (χ4n) is 1.93. The molecular formula is C13H14BrN3O3. The smallest absolute Gasteiger partial charge is 0.311 e. The number of fused-ring (bicyclic) bond motifs is 1. The summed E-state index contributed by atoms with van der Waals surface area (Å²) in [7, 11) is 0. The normalized spacial score (nSPS) is 10.7. The first-order chi connectivity index (χ1) is 9.63. The summed E-state index contributed by atoms with van der Waals surface area (Å²) in [5, 5.41) is 23.7. The monoisotopic (exact) mass is 339 g/mol. The number of halogens is 1. The van der Waals surface area contributed by atoms with Gasteiger partial charge in [0.2, 0.25) is 0 Å². The lowest BCUT2D eigenvalue weighted by molar-refractivity contribution is -0.384. The third kappa shape index (κ3) is 3.23. The molecule has 0 radical (unpaired) electrons. The Morgan fingerprint density at radius 3 is 2.90 bits per heavy atom. The fraction of sp³-hybridized carbons (Fsp3) is 0.308. The van der Waals surface area contributed by atoms with E-state index in [1.165, 1.54) is 6.20 Å². The molecule has 0 atom stereocenters. The zero-order valence-electron chi connectivity index (χ0n) is 10.7. The van der Waals surface area contributed by atoms with Gasteiger partial charge in [-0.05, 0) is 31.0 Å². The van der Waals surface area contributed by atoms with Crippen molar-refractivity contribution in [2.24, 2.45) is 0 Å². The SMILES string of the molecule is O=[N+]([O-])c1cnc2cc(Br)ccc2c1NCCCCO. The molecule has 1 aromatic carbocycles. The quantitative estimate of drug-likeness (QED) is 0.479. The van der Waals surface area contributed by atoms with Gasteiger partial charge in [-0.3, -0.25) is 10.1 Å². The van der Waals surface area contributed by atoms with Crippen LogP contribution in [-0.4, -0.2) is 28.2 Å². The van der Waals surface area contributed by atoms with E-state index in [0.717, 1.165) is 10.9 Å². The van der Waals surface area contributed by atoms with Crippen molar-refractivity contribution in [2.45, 2.75) is 12.8 Å². The summed E-state index contributed by atoms with van der Waals surface area (Å²) in [6.07, 6.45) is 2.67. The van der Waals surface area contributed by atoms with Crippen molar-refractivity contribution >= 4 is 38.2 Å². The van der Waals surface area contributed by atoms with E-state index in [2.05, 4.69) is 26.2 Å². The van der Waals surface area contributed by atoms with Crippen LogP contribution in [0.3, 0.4) is 0 Å². The molecule has 0 amide bonds. The third-order valence-electron chi connectivity index (χ3n) is 2.89. The molecule has 2 rings (SSSR count). The lowest BCUT2D eigenvalue weighted by Gasteiger charge is -2.10.